The van der Waals surface area contributed by atoms with Crippen LogP contribution in [-0.2, 0) is 10.2 Å². The molecule has 0 spiro atoms. The fourth-order valence-corrected chi connectivity index (χ4v) is 2.55. The van der Waals surface area contributed by atoms with Gasteiger partial charge in [-0.25, -0.2) is 0 Å². The second-order valence-corrected chi connectivity index (χ2v) is 5.05. The first kappa shape index (κ1) is 11.6. The van der Waals surface area contributed by atoms with Crippen molar-refractivity contribution in [3.63, 3.8) is 0 Å². The van der Waals surface area contributed by atoms with Crippen LogP contribution < -0.4 is 0 Å². The minimum absolute atomic E-state index is 0.111. The Bertz CT molecular complexity index is 509. The second kappa shape index (κ2) is 3.29. The van der Waals surface area contributed by atoms with Gasteiger partial charge in [0.1, 0.15) is 5.41 Å². The zero-order valence-electron chi connectivity index (χ0n) is 9.64. The molecule has 1 atom stereocenters. The van der Waals surface area contributed by atoms with Crippen molar-refractivity contribution in [3.05, 3.63) is 39.9 Å². The molecular formula is C12H13NO4. The van der Waals surface area contributed by atoms with Crippen molar-refractivity contribution in [1.29, 1.82) is 0 Å². The predicted octanol–water partition coefficient (Wildman–Crippen LogP) is 2.35. The van der Waals surface area contributed by atoms with Gasteiger partial charge in [0.2, 0.25) is 0 Å². The molecule has 0 bridgehead atoms. The minimum Gasteiger partial charge on any atom is -0.481 e. The molecule has 1 unspecified atom stereocenters. The molecule has 90 valence electrons. The monoisotopic (exact) mass is 235 g/mol. The zero-order valence-corrected chi connectivity index (χ0v) is 9.64. The standard InChI is InChI=1S/C12H13NO4/c1-11(2)7-12(11,10(14)15)8-5-3-4-6-9(8)13(16)17/h3-6H,7H2,1-2H3,(H,14,15). The molecule has 0 saturated heterocycles. The van der Waals surface area contributed by atoms with Crippen molar-refractivity contribution in [3.8, 4) is 0 Å². The topological polar surface area (TPSA) is 80.4 Å². The summed E-state index contributed by atoms with van der Waals surface area (Å²) in [5.41, 5.74) is -1.36. The van der Waals surface area contributed by atoms with Crippen LogP contribution in [0.2, 0.25) is 0 Å². The third-order valence-electron chi connectivity index (χ3n) is 3.66. The molecule has 1 saturated carbocycles. The third kappa shape index (κ3) is 1.42. The molecule has 0 radical (unpaired) electrons. The summed E-state index contributed by atoms with van der Waals surface area (Å²) in [4.78, 5) is 21.9. The van der Waals surface area contributed by atoms with Crippen LogP contribution in [-0.4, -0.2) is 16.0 Å². The Hall–Kier alpha value is -1.91. The van der Waals surface area contributed by atoms with E-state index in [1.54, 1.807) is 18.2 Å². The summed E-state index contributed by atoms with van der Waals surface area (Å²) in [6.07, 6.45) is 0.431. The van der Waals surface area contributed by atoms with E-state index in [1.165, 1.54) is 6.07 Å². The van der Waals surface area contributed by atoms with E-state index in [1.807, 2.05) is 13.8 Å². The van der Waals surface area contributed by atoms with Gasteiger partial charge in [0.15, 0.2) is 0 Å². The molecule has 1 aromatic rings. The van der Waals surface area contributed by atoms with E-state index in [9.17, 15) is 20.0 Å². The van der Waals surface area contributed by atoms with E-state index in [2.05, 4.69) is 0 Å². The number of nitro benzene ring substituents is 1. The highest BCUT2D eigenvalue weighted by Gasteiger charge is 2.69. The van der Waals surface area contributed by atoms with E-state index >= 15 is 0 Å². The highest BCUT2D eigenvalue weighted by molar-refractivity contribution is 5.88. The van der Waals surface area contributed by atoms with Crippen molar-refractivity contribution < 1.29 is 14.8 Å². The van der Waals surface area contributed by atoms with Crippen LogP contribution in [0.3, 0.4) is 0 Å². The zero-order chi connectivity index (χ0) is 12.8. The maximum Gasteiger partial charge on any atom is 0.314 e. The lowest BCUT2D eigenvalue weighted by atomic mass is 9.87. The van der Waals surface area contributed by atoms with Gasteiger partial charge in [-0.05, 0) is 11.8 Å². The highest BCUT2D eigenvalue weighted by Crippen LogP contribution is 2.65. The third-order valence-corrected chi connectivity index (χ3v) is 3.66. The smallest absolute Gasteiger partial charge is 0.314 e. The number of carboxylic acid groups (broad SMARTS) is 1. The van der Waals surface area contributed by atoms with Gasteiger partial charge >= 0.3 is 5.97 Å². The first-order valence-electron chi connectivity index (χ1n) is 5.30. The first-order valence-corrected chi connectivity index (χ1v) is 5.30. The molecule has 0 aliphatic heterocycles. The molecule has 0 aromatic heterocycles. The molecule has 17 heavy (non-hydrogen) atoms. The number of hydrogen-bond donors (Lipinski definition) is 1. The van der Waals surface area contributed by atoms with Crippen LogP contribution in [0.15, 0.2) is 24.3 Å². The Morgan fingerprint density at radius 2 is 1.94 bits per heavy atom. The number of aliphatic carboxylic acids is 1. The molecule has 5 nitrogen and oxygen atoms in total. The summed E-state index contributed by atoms with van der Waals surface area (Å²) < 4.78 is 0. The van der Waals surface area contributed by atoms with Crippen molar-refractivity contribution in [2.24, 2.45) is 5.41 Å². The van der Waals surface area contributed by atoms with Crippen LogP contribution in [0.1, 0.15) is 25.8 Å². The second-order valence-electron chi connectivity index (χ2n) is 5.05. The number of carbonyl (C=O) groups is 1. The quantitative estimate of drug-likeness (QED) is 0.644. The van der Waals surface area contributed by atoms with Gasteiger partial charge in [-0.2, -0.15) is 0 Å². The summed E-state index contributed by atoms with van der Waals surface area (Å²) in [5.74, 6) is -0.989. The number of rotatable bonds is 3. The van der Waals surface area contributed by atoms with E-state index < -0.39 is 21.7 Å². The Balaban J connectivity index is 2.62. The van der Waals surface area contributed by atoms with E-state index in [0.717, 1.165) is 0 Å². The van der Waals surface area contributed by atoms with Crippen LogP contribution in [0.4, 0.5) is 5.69 Å². The Labute approximate surface area is 98.2 Å². The number of nitrogens with zero attached hydrogens (tertiary/aromatic N) is 1. The Morgan fingerprint density at radius 3 is 2.35 bits per heavy atom. The lowest BCUT2D eigenvalue weighted by molar-refractivity contribution is -0.385. The maximum atomic E-state index is 11.5. The normalized spacial score (nSPS) is 25.3. The summed E-state index contributed by atoms with van der Waals surface area (Å²) in [6.45, 7) is 3.63. The molecule has 1 aromatic carbocycles. The largest absolute Gasteiger partial charge is 0.481 e. The van der Waals surface area contributed by atoms with E-state index in [-0.39, 0.29) is 5.69 Å². The van der Waals surface area contributed by atoms with Gasteiger partial charge in [0, 0.05) is 11.6 Å². The highest BCUT2D eigenvalue weighted by atomic mass is 16.6. The lowest BCUT2D eigenvalue weighted by Crippen LogP contribution is -2.26. The lowest BCUT2D eigenvalue weighted by Gasteiger charge is -2.15. The van der Waals surface area contributed by atoms with Crippen LogP contribution in [0.5, 0.6) is 0 Å². The molecule has 1 aliphatic carbocycles. The molecule has 2 rings (SSSR count). The van der Waals surface area contributed by atoms with Crippen LogP contribution in [0.25, 0.3) is 0 Å². The molecule has 1 N–H and O–H groups in total. The van der Waals surface area contributed by atoms with Crippen molar-refractivity contribution >= 4 is 11.7 Å². The number of carboxylic acids is 1. The maximum absolute atomic E-state index is 11.5. The van der Waals surface area contributed by atoms with E-state index in [0.29, 0.717) is 12.0 Å². The average Bonchev–Trinajstić information content (AvgIpc) is 2.83. The summed E-state index contributed by atoms with van der Waals surface area (Å²) in [7, 11) is 0. The summed E-state index contributed by atoms with van der Waals surface area (Å²) in [6, 6.07) is 6.09. The molecule has 0 heterocycles. The predicted molar refractivity (Wildman–Crippen MR) is 60.8 cm³/mol. The molecule has 1 fully saturated rings. The van der Waals surface area contributed by atoms with Crippen molar-refractivity contribution in [2.45, 2.75) is 25.7 Å². The van der Waals surface area contributed by atoms with Crippen molar-refractivity contribution in [1.82, 2.24) is 0 Å². The van der Waals surface area contributed by atoms with Gasteiger partial charge in [0.05, 0.1) is 4.92 Å². The molecular weight excluding hydrogens is 222 g/mol. The number of para-hydroxylation sites is 1. The Kier molecular flexibility index (Phi) is 2.24. The fraction of sp³-hybridized carbons (Fsp3) is 0.417. The van der Waals surface area contributed by atoms with E-state index in [4.69, 9.17) is 0 Å². The van der Waals surface area contributed by atoms with Gasteiger partial charge < -0.3 is 5.11 Å². The summed E-state index contributed by atoms with van der Waals surface area (Å²) >= 11 is 0. The van der Waals surface area contributed by atoms with Gasteiger partial charge in [-0.1, -0.05) is 32.0 Å². The van der Waals surface area contributed by atoms with Gasteiger partial charge in [0.25, 0.3) is 5.69 Å². The van der Waals surface area contributed by atoms with Gasteiger partial charge in [-0.3, -0.25) is 14.9 Å². The number of nitro groups is 1. The average molecular weight is 235 g/mol. The Morgan fingerprint density at radius 1 is 1.41 bits per heavy atom. The number of hydrogen-bond acceptors (Lipinski definition) is 3. The van der Waals surface area contributed by atoms with Crippen LogP contribution >= 0.6 is 0 Å². The molecule has 0 amide bonds. The molecule has 1 aliphatic rings. The first-order chi connectivity index (χ1) is 7.83. The number of benzene rings is 1. The van der Waals surface area contributed by atoms with Crippen LogP contribution in [0, 0.1) is 15.5 Å². The van der Waals surface area contributed by atoms with Gasteiger partial charge in [-0.15, -0.1) is 0 Å². The summed E-state index contributed by atoms with van der Waals surface area (Å²) in [5, 5.41) is 20.3. The fourth-order valence-electron chi connectivity index (χ4n) is 2.55. The van der Waals surface area contributed by atoms with Crippen molar-refractivity contribution in [2.75, 3.05) is 0 Å². The minimum atomic E-state index is -1.11. The molecule has 5 heteroatoms. The SMILES string of the molecule is CC1(C)CC1(C(=O)O)c1ccccc1[N+](=O)[O-].